The summed E-state index contributed by atoms with van der Waals surface area (Å²) >= 11 is 1.34. The van der Waals surface area contributed by atoms with Crippen molar-refractivity contribution in [3.63, 3.8) is 0 Å². The highest BCUT2D eigenvalue weighted by atomic mass is 32.2. The van der Waals surface area contributed by atoms with Crippen molar-refractivity contribution in [2.75, 3.05) is 18.1 Å². The lowest BCUT2D eigenvalue weighted by Gasteiger charge is -2.32. The summed E-state index contributed by atoms with van der Waals surface area (Å²) in [6.07, 6.45) is 5.11. The molecule has 0 bridgehead atoms. The van der Waals surface area contributed by atoms with Crippen molar-refractivity contribution in [1.82, 2.24) is 14.5 Å². The first-order valence-electron chi connectivity index (χ1n) is 7.02. The number of amides is 1. The average Bonchev–Trinajstić information content (AvgIpc) is 2.85. The van der Waals surface area contributed by atoms with E-state index in [0.29, 0.717) is 18.1 Å². The Morgan fingerprint density at radius 1 is 1.43 bits per heavy atom. The summed E-state index contributed by atoms with van der Waals surface area (Å²) in [6, 6.07) is -0.646. The molecule has 0 aliphatic carbocycles. The number of piperidine rings is 1. The highest BCUT2D eigenvalue weighted by Gasteiger charge is 2.34. The van der Waals surface area contributed by atoms with Gasteiger partial charge in [0.2, 0.25) is 21.1 Å². The van der Waals surface area contributed by atoms with Crippen molar-refractivity contribution < 1.29 is 13.2 Å². The van der Waals surface area contributed by atoms with Crippen LogP contribution in [0, 0.1) is 0 Å². The largest absolute Gasteiger partial charge is 0.299 e. The molecule has 1 aromatic heterocycles. The number of aromatic nitrogens is 2. The third-order valence-electron chi connectivity index (χ3n) is 3.34. The van der Waals surface area contributed by atoms with E-state index in [2.05, 4.69) is 15.5 Å². The maximum absolute atomic E-state index is 12.3. The standard InChI is InChI=1S/C12H20N4O3S2/c1-3-6-10-14-15-12(20-10)13-11(17)9-7-4-5-8-16(9)21(2,18)19/h9H,3-8H2,1-2H3,(H,13,15,17)/t9-/m0/s1. The Morgan fingerprint density at radius 2 is 2.19 bits per heavy atom. The van der Waals surface area contributed by atoms with Crippen molar-refractivity contribution in [1.29, 1.82) is 0 Å². The number of hydrogen-bond donors (Lipinski definition) is 1. The summed E-state index contributed by atoms with van der Waals surface area (Å²) in [5.74, 6) is -0.320. The van der Waals surface area contributed by atoms with Crippen molar-refractivity contribution in [3.8, 4) is 0 Å². The average molecular weight is 332 g/mol. The first-order valence-corrected chi connectivity index (χ1v) is 9.68. The van der Waals surface area contributed by atoms with Crippen LogP contribution in [0.4, 0.5) is 5.13 Å². The lowest BCUT2D eigenvalue weighted by atomic mass is 10.0. The first-order chi connectivity index (χ1) is 9.91. The molecule has 9 heteroatoms. The second-order valence-electron chi connectivity index (χ2n) is 5.13. The van der Waals surface area contributed by atoms with Gasteiger partial charge < -0.3 is 0 Å². The summed E-state index contributed by atoms with van der Waals surface area (Å²) < 4.78 is 24.8. The SMILES string of the molecule is CCCc1nnc(NC(=O)[C@@H]2CCCCN2S(C)(=O)=O)s1. The fourth-order valence-corrected chi connectivity index (χ4v) is 4.34. The molecule has 1 atom stereocenters. The number of carbonyl (C=O) groups is 1. The zero-order chi connectivity index (χ0) is 15.5. The van der Waals surface area contributed by atoms with E-state index in [1.165, 1.54) is 15.6 Å². The zero-order valence-electron chi connectivity index (χ0n) is 12.2. The van der Waals surface area contributed by atoms with Gasteiger partial charge in [0.15, 0.2) is 0 Å². The number of nitrogens with zero attached hydrogens (tertiary/aromatic N) is 3. The van der Waals surface area contributed by atoms with Gasteiger partial charge in [-0.05, 0) is 19.3 Å². The molecular formula is C12H20N4O3S2. The second kappa shape index (κ2) is 6.80. The van der Waals surface area contributed by atoms with Gasteiger partial charge in [0.1, 0.15) is 11.0 Å². The molecule has 1 aliphatic heterocycles. The molecule has 0 spiro atoms. The van der Waals surface area contributed by atoms with E-state index in [9.17, 15) is 13.2 Å². The molecule has 2 rings (SSSR count). The molecule has 1 saturated heterocycles. The Labute approximate surface area is 128 Å². The summed E-state index contributed by atoms with van der Waals surface area (Å²) in [4.78, 5) is 12.3. The molecule has 1 amide bonds. The lowest BCUT2D eigenvalue weighted by Crippen LogP contribution is -2.49. The monoisotopic (exact) mass is 332 g/mol. The highest BCUT2D eigenvalue weighted by Crippen LogP contribution is 2.22. The number of anilines is 1. The number of carbonyl (C=O) groups excluding carboxylic acids is 1. The normalized spacial score (nSPS) is 20.4. The Balaban J connectivity index is 2.06. The molecule has 1 aromatic rings. The van der Waals surface area contributed by atoms with Gasteiger partial charge in [-0.3, -0.25) is 10.1 Å². The van der Waals surface area contributed by atoms with E-state index in [1.54, 1.807) is 0 Å². The molecule has 1 N–H and O–H groups in total. The van der Waals surface area contributed by atoms with Gasteiger partial charge in [0.05, 0.1) is 6.26 Å². The number of hydrogen-bond acceptors (Lipinski definition) is 6. The smallest absolute Gasteiger partial charge is 0.244 e. The van der Waals surface area contributed by atoms with Crippen LogP contribution in [0.15, 0.2) is 0 Å². The fourth-order valence-electron chi connectivity index (χ4n) is 2.37. The maximum atomic E-state index is 12.3. The van der Waals surface area contributed by atoms with Crippen LogP contribution in [0.1, 0.15) is 37.6 Å². The van der Waals surface area contributed by atoms with Gasteiger partial charge in [-0.1, -0.05) is 24.7 Å². The Kier molecular flexibility index (Phi) is 5.28. The van der Waals surface area contributed by atoms with Crippen LogP contribution >= 0.6 is 11.3 Å². The Bertz CT molecular complexity index is 599. The molecule has 7 nitrogen and oxygen atoms in total. The van der Waals surface area contributed by atoms with E-state index < -0.39 is 16.1 Å². The quantitative estimate of drug-likeness (QED) is 0.876. The van der Waals surface area contributed by atoms with Crippen LogP contribution in [0.25, 0.3) is 0 Å². The molecule has 0 saturated carbocycles. The summed E-state index contributed by atoms with van der Waals surface area (Å²) in [5, 5.41) is 11.9. The summed E-state index contributed by atoms with van der Waals surface area (Å²) in [6.45, 7) is 2.44. The van der Waals surface area contributed by atoms with E-state index in [0.717, 1.165) is 36.9 Å². The lowest BCUT2D eigenvalue weighted by molar-refractivity contribution is -0.120. The summed E-state index contributed by atoms with van der Waals surface area (Å²) in [7, 11) is -3.38. The molecule has 1 fully saturated rings. The van der Waals surface area contributed by atoms with E-state index >= 15 is 0 Å². The number of sulfonamides is 1. The highest BCUT2D eigenvalue weighted by molar-refractivity contribution is 7.88. The molecule has 0 unspecified atom stereocenters. The molecular weight excluding hydrogens is 312 g/mol. The minimum Gasteiger partial charge on any atom is -0.299 e. The topological polar surface area (TPSA) is 92.3 Å². The van der Waals surface area contributed by atoms with Gasteiger partial charge in [-0.2, -0.15) is 4.31 Å². The zero-order valence-corrected chi connectivity index (χ0v) is 13.8. The Hall–Kier alpha value is -1.06. The third-order valence-corrected chi connectivity index (χ3v) is 5.53. The minimum atomic E-state index is -3.38. The van der Waals surface area contributed by atoms with Crippen LogP contribution in [-0.4, -0.2) is 47.7 Å². The van der Waals surface area contributed by atoms with Gasteiger partial charge in [-0.25, -0.2) is 8.42 Å². The van der Waals surface area contributed by atoms with E-state index in [4.69, 9.17) is 0 Å². The van der Waals surface area contributed by atoms with Crippen molar-refractivity contribution in [2.45, 2.75) is 45.1 Å². The van der Waals surface area contributed by atoms with Gasteiger partial charge >= 0.3 is 0 Å². The fraction of sp³-hybridized carbons (Fsp3) is 0.750. The number of nitrogens with one attached hydrogen (secondary N) is 1. The van der Waals surface area contributed by atoms with Gasteiger partial charge in [0, 0.05) is 13.0 Å². The minimum absolute atomic E-state index is 0.320. The van der Waals surface area contributed by atoms with Gasteiger partial charge in [-0.15, -0.1) is 10.2 Å². The van der Waals surface area contributed by atoms with Crippen molar-refractivity contribution in [2.24, 2.45) is 0 Å². The molecule has 21 heavy (non-hydrogen) atoms. The molecule has 118 valence electrons. The summed E-state index contributed by atoms with van der Waals surface area (Å²) in [5.41, 5.74) is 0. The molecule has 1 aliphatic rings. The number of rotatable bonds is 5. The third kappa shape index (κ3) is 4.21. The van der Waals surface area contributed by atoms with Crippen LogP contribution in [0.5, 0.6) is 0 Å². The second-order valence-corrected chi connectivity index (χ2v) is 8.12. The number of aryl methyl sites for hydroxylation is 1. The van der Waals surface area contributed by atoms with Crippen molar-refractivity contribution in [3.05, 3.63) is 5.01 Å². The first kappa shape index (κ1) is 16.3. The van der Waals surface area contributed by atoms with Crippen LogP contribution in [0.3, 0.4) is 0 Å². The molecule has 0 aromatic carbocycles. The van der Waals surface area contributed by atoms with E-state index in [1.807, 2.05) is 6.92 Å². The van der Waals surface area contributed by atoms with Crippen LogP contribution in [0.2, 0.25) is 0 Å². The van der Waals surface area contributed by atoms with Crippen LogP contribution in [-0.2, 0) is 21.2 Å². The van der Waals surface area contributed by atoms with E-state index in [-0.39, 0.29) is 5.91 Å². The van der Waals surface area contributed by atoms with Crippen molar-refractivity contribution >= 4 is 32.4 Å². The molecule has 2 heterocycles. The maximum Gasteiger partial charge on any atom is 0.244 e. The Morgan fingerprint density at radius 3 is 2.86 bits per heavy atom. The predicted molar refractivity (Wildman–Crippen MR) is 81.7 cm³/mol. The molecule has 0 radical (unpaired) electrons. The van der Waals surface area contributed by atoms with Gasteiger partial charge in [0.25, 0.3) is 0 Å². The predicted octanol–water partition coefficient (Wildman–Crippen LogP) is 1.24. The van der Waals surface area contributed by atoms with Crippen LogP contribution < -0.4 is 5.32 Å².